The first kappa shape index (κ1) is 13.4. The molecule has 0 amide bonds. The Morgan fingerprint density at radius 2 is 1.62 bits per heavy atom. The van der Waals surface area contributed by atoms with Crippen LogP contribution in [0.2, 0.25) is 0 Å². The van der Waals surface area contributed by atoms with E-state index in [1.165, 1.54) is 5.56 Å². The molecule has 1 aromatic carbocycles. The molecule has 0 saturated carbocycles. The van der Waals surface area contributed by atoms with Crippen LogP contribution in [0, 0.1) is 0 Å². The SMILES string of the molecule is CC(C)(CC(C)(C)S(=O)[O-])c1ccccc1. The van der Waals surface area contributed by atoms with Crippen LogP contribution < -0.4 is 0 Å². The van der Waals surface area contributed by atoms with Crippen LogP contribution in [0.15, 0.2) is 30.3 Å². The molecule has 0 aliphatic heterocycles. The molecule has 1 unspecified atom stereocenters. The van der Waals surface area contributed by atoms with Gasteiger partial charge < -0.3 is 4.55 Å². The molecular weight excluding hydrogens is 220 g/mol. The molecule has 0 radical (unpaired) electrons. The fraction of sp³-hybridized carbons (Fsp3) is 0.538. The summed E-state index contributed by atoms with van der Waals surface area (Å²) < 4.78 is 21.6. The van der Waals surface area contributed by atoms with E-state index in [0.29, 0.717) is 6.42 Å². The Morgan fingerprint density at radius 1 is 1.12 bits per heavy atom. The van der Waals surface area contributed by atoms with Crippen molar-refractivity contribution in [3.63, 3.8) is 0 Å². The van der Waals surface area contributed by atoms with Crippen LogP contribution in [0.1, 0.15) is 39.7 Å². The lowest BCUT2D eigenvalue weighted by molar-refractivity contribution is 0.394. The number of benzene rings is 1. The van der Waals surface area contributed by atoms with Gasteiger partial charge in [0.15, 0.2) is 0 Å². The zero-order chi connectivity index (χ0) is 12.4. The van der Waals surface area contributed by atoms with Crippen molar-refractivity contribution in [2.75, 3.05) is 0 Å². The van der Waals surface area contributed by atoms with Crippen LogP contribution in [0.25, 0.3) is 0 Å². The predicted molar refractivity (Wildman–Crippen MR) is 67.1 cm³/mol. The lowest BCUT2D eigenvalue weighted by atomic mass is 9.77. The van der Waals surface area contributed by atoms with Gasteiger partial charge in [0.2, 0.25) is 0 Å². The minimum absolute atomic E-state index is 0.134. The summed E-state index contributed by atoms with van der Waals surface area (Å²) in [6.07, 6.45) is 0.611. The monoisotopic (exact) mass is 239 g/mol. The lowest BCUT2D eigenvalue weighted by Gasteiger charge is -2.36. The molecule has 0 aliphatic carbocycles. The van der Waals surface area contributed by atoms with Gasteiger partial charge in [0.05, 0.1) is 0 Å². The second-order valence-corrected chi connectivity index (χ2v) is 7.00. The van der Waals surface area contributed by atoms with Crippen LogP contribution in [0.3, 0.4) is 0 Å². The smallest absolute Gasteiger partial charge is 0.0279 e. The number of rotatable bonds is 4. The summed E-state index contributed by atoms with van der Waals surface area (Å²) in [6, 6.07) is 10.0. The van der Waals surface area contributed by atoms with E-state index in [2.05, 4.69) is 13.8 Å². The Morgan fingerprint density at radius 3 is 2.06 bits per heavy atom. The van der Waals surface area contributed by atoms with Gasteiger partial charge in [0.1, 0.15) is 0 Å². The van der Waals surface area contributed by atoms with Crippen molar-refractivity contribution in [1.29, 1.82) is 0 Å². The van der Waals surface area contributed by atoms with Crippen LogP contribution in [0.5, 0.6) is 0 Å². The molecule has 1 aromatic rings. The average Bonchev–Trinajstić information content (AvgIpc) is 2.17. The van der Waals surface area contributed by atoms with Crippen molar-refractivity contribution in [3.05, 3.63) is 35.9 Å². The molecule has 0 saturated heterocycles. The second kappa shape index (κ2) is 4.68. The third kappa shape index (κ3) is 3.16. The molecule has 1 atom stereocenters. The van der Waals surface area contributed by atoms with E-state index in [1.54, 1.807) is 13.8 Å². The molecular formula is C13H19O2S-. The third-order valence-electron chi connectivity index (χ3n) is 2.87. The van der Waals surface area contributed by atoms with E-state index in [9.17, 15) is 8.76 Å². The predicted octanol–water partition coefficient (Wildman–Crippen LogP) is 3.01. The van der Waals surface area contributed by atoms with Crippen molar-refractivity contribution in [2.45, 2.75) is 44.3 Å². The summed E-state index contributed by atoms with van der Waals surface area (Å²) >= 11 is -2.05. The largest absolute Gasteiger partial charge is 0.772 e. The highest BCUT2D eigenvalue weighted by Crippen LogP contribution is 2.34. The van der Waals surface area contributed by atoms with Gasteiger partial charge in [0, 0.05) is 4.75 Å². The quantitative estimate of drug-likeness (QED) is 0.758. The molecule has 0 heterocycles. The highest BCUT2D eigenvalue weighted by Gasteiger charge is 2.30. The Balaban J connectivity index is 2.92. The number of hydrogen-bond donors (Lipinski definition) is 0. The standard InChI is InChI=1S/C13H20O2S/c1-12(2,10-13(3,4)16(14)15)11-8-6-5-7-9-11/h5-9H,10H2,1-4H3,(H,14,15)/p-1. The van der Waals surface area contributed by atoms with E-state index >= 15 is 0 Å². The maximum absolute atomic E-state index is 11.1. The molecule has 2 nitrogen and oxygen atoms in total. The van der Waals surface area contributed by atoms with Crippen molar-refractivity contribution in [2.24, 2.45) is 0 Å². The Bertz CT molecular complexity index is 369. The van der Waals surface area contributed by atoms with Crippen LogP contribution in [0.4, 0.5) is 0 Å². The van der Waals surface area contributed by atoms with Crippen LogP contribution in [-0.2, 0) is 16.5 Å². The minimum Gasteiger partial charge on any atom is -0.772 e. The molecule has 0 fully saturated rings. The molecule has 0 aliphatic rings. The molecule has 3 heteroatoms. The van der Waals surface area contributed by atoms with Gasteiger partial charge in [-0.3, -0.25) is 4.21 Å². The van der Waals surface area contributed by atoms with Gasteiger partial charge in [-0.2, -0.15) is 0 Å². The van der Waals surface area contributed by atoms with E-state index in [-0.39, 0.29) is 5.41 Å². The van der Waals surface area contributed by atoms with E-state index in [0.717, 1.165) is 0 Å². The Kier molecular flexibility index (Phi) is 3.92. The first-order chi connectivity index (χ1) is 7.26. The minimum atomic E-state index is -2.05. The lowest BCUT2D eigenvalue weighted by Crippen LogP contribution is -2.35. The fourth-order valence-corrected chi connectivity index (χ4v) is 2.59. The Labute approximate surface area is 100 Å². The van der Waals surface area contributed by atoms with E-state index < -0.39 is 15.8 Å². The van der Waals surface area contributed by atoms with Crippen LogP contribution >= 0.6 is 0 Å². The topological polar surface area (TPSA) is 40.1 Å². The third-order valence-corrected chi connectivity index (χ3v) is 3.92. The first-order valence-electron chi connectivity index (χ1n) is 5.41. The van der Waals surface area contributed by atoms with E-state index in [1.807, 2.05) is 30.3 Å². The Hall–Kier alpha value is -0.670. The molecule has 0 aromatic heterocycles. The molecule has 0 bridgehead atoms. The number of hydrogen-bond acceptors (Lipinski definition) is 2. The molecule has 16 heavy (non-hydrogen) atoms. The van der Waals surface area contributed by atoms with E-state index in [4.69, 9.17) is 0 Å². The highest BCUT2D eigenvalue weighted by molar-refractivity contribution is 7.80. The van der Waals surface area contributed by atoms with Gasteiger partial charge in [-0.25, -0.2) is 0 Å². The fourth-order valence-electron chi connectivity index (χ4n) is 2.11. The van der Waals surface area contributed by atoms with Gasteiger partial charge in [-0.1, -0.05) is 44.2 Å². The van der Waals surface area contributed by atoms with Gasteiger partial charge >= 0.3 is 0 Å². The maximum atomic E-state index is 11.1. The summed E-state index contributed by atoms with van der Waals surface area (Å²) in [4.78, 5) is 0. The summed E-state index contributed by atoms with van der Waals surface area (Å²) in [6.45, 7) is 7.69. The summed E-state index contributed by atoms with van der Waals surface area (Å²) in [5, 5.41) is 0. The summed E-state index contributed by atoms with van der Waals surface area (Å²) in [5.41, 5.74) is 1.04. The van der Waals surface area contributed by atoms with Gasteiger partial charge in [-0.15, -0.1) is 0 Å². The molecule has 0 N–H and O–H groups in total. The first-order valence-corrected chi connectivity index (χ1v) is 6.48. The molecule has 90 valence electrons. The van der Waals surface area contributed by atoms with Crippen LogP contribution in [-0.4, -0.2) is 13.5 Å². The molecule has 0 spiro atoms. The van der Waals surface area contributed by atoms with Crippen molar-refractivity contribution < 1.29 is 8.76 Å². The van der Waals surface area contributed by atoms with Crippen molar-refractivity contribution in [3.8, 4) is 0 Å². The summed E-state index contributed by atoms with van der Waals surface area (Å²) in [5.74, 6) is 0. The summed E-state index contributed by atoms with van der Waals surface area (Å²) in [7, 11) is 0. The normalized spacial score (nSPS) is 14.8. The van der Waals surface area contributed by atoms with Gasteiger partial charge in [0.25, 0.3) is 0 Å². The van der Waals surface area contributed by atoms with Crippen molar-refractivity contribution >= 4 is 11.1 Å². The van der Waals surface area contributed by atoms with Crippen molar-refractivity contribution in [1.82, 2.24) is 0 Å². The molecule has 1 rings (SSSR count). The highest BCUT2D eigenvalue weighted by atomic mass is 32.2. The van der Waals surface area contributed by atoms with Gasteiger partial charge in [-0.05, 0) is 42.3 Å². The second-order valence-electron chi connectivity index (χ2n) is 5.42. The average molecular weight is 239 g/mol. The zero-order valence-corrected chi connectivity index (χ0v) is 11.1. The maximum Gasteiger partial charge on any atom is 0.0279 e. The zero-order valence-electron chi connectivity index (χ0n) is 10.3.